The quantitative estimate of drug-likeness (QED) is 0.589. The van der Waals surface area contributed by atoms with E-state index in [0.29, 0.717) is 0 Å². The summed E-state index contributed by atoms with van der Waals surface area (Å²) >= 11 is 0. The predicted molar refractivity (Wildman–Crippen MR) is 29.0 cm³/mol. The molecule has 0 aliphatic rings. The molecule has 0 saturated heterocycles. The Hall–Kier alpha value is -0.570. The molecule has 0 aliphatic carbocycles. The molecule has 0 spiro atoms. The van der Waals surface area contributed by atoms with E-state index >= 15 is 0 Å². The van der Waals surface area contributed by atoms with Crippen LogP contribution in [-0.4, -0.2) is 36.5 Å². The number of hydrogen-bond acceptors (Lipinski definition) is 2. The van der Waals surface area contributed by atoms with Crippen molar-refractivity contribution in [3.05, 3.63) is 0 Å². The minimum absolute atomic E-state index is 1.37. The Kier molecular flexibility index (Phi) is 3.73. The summed E-state index contributed by atoms with van der Waals surface area (Å²) in [5.41, 5.74) is 0. The van der Waals surface area contributed by atoms with Crippen LogP contribution in [-0.2, 0) is 4.74 Å². The van der Waals surface area contributed by atoms with Crippen molar-refractivity contribution in [3.8, 4) is 0 Å². The van der Waals surface area contributed by atoms with Gasteiger partial charge < -0.3 is 9.84 Å². The summed E-state index contributed by atoms with van der Waals surface area (Å²) in [5.74, 6) is -11.6. The van der Waals surface area contributed by atoms with Crippen LogP contribution in [0.3, 0.4) is 0 Å². The molecule has 2 nitrogen and oxygen atoms in total. The summed E-state index contributed by atoms with van der Waals surface area (Å²) in [6, 6.07) is 0. The van der Waals surface area contributed by atoms with E-state index < -0.39 is 31.4 Å². The molecule has 0 amide bonds. The molecule has 0 aromatic rings. The lowest BCUT2D eigenvalue weighted by Crippen LogP contribution is -2.54. The fraction of sp³-hybridized carbons (Fsp3) is 1.00. The fourth-order valence-corrected chi connectivity index (χ4v) is 0.472. The summed E-state index contributed by atoms with van der Waals surface area (Å²) in [7, 11) is 0. The Morgan fingerprint density at radius 1 is 0.929 bits per heavy atom. The standard InChI is InChI=1S/C5H5F7O2/c6-3(7,1-14-2-13)4(8,9)5(10,11)12/h13H,1-2H2. The Balaban J connectivity index is 4.69. The van der Waals surface area contributed by atoms with Crippen LogP contribution in [0, 0.1) is 0 Å². The van der Waals surface area contributed by atoms with Gasteiger partial charge in [-0.25, -0.2) is 0 Å². The number of rotatable bonds is 4. The second-order valence-electron chi connectivity index (χ2n) is 2.25. The van der Waals surface area contributed by atoms with Crippen molar-refractivity contribution >= 4 is 0 Å². The first kappa shape index (κ1) is 13.4. The van der Waals surface area contributed by atoms with Gasteiger partial charge in [0.15, 0.2) is 0 Å². The molecule has 9 heteroatoms. The highest BCUT2D eigenvalue weighted by atomic mass is 19.4. The predicted octanol–water partition coefficient (Wildman–Crippen LogP) is 1.79. The maximum Gasteiger partial charge on any atom is 0.459 e. The van der Waals surface area contributed by atoms with Gasteiger partial charge in [-0.05, 0) is 0 Å². The van der Waals surface area contributed by atoms with E-state index in [0.717, 1.165) is 0 Å². The van der Waals surface area contributed by atoms with Gasteiger partial charge in [0.05, 0.1) is 0 Å². The highest BCUT2D eigenvalue weighted by Crippen LogP contribution is 2.46. The molecule has 0 rings (SSSR count). The number of aliphatic hydroxyl groups excluding tert-OH is 1. The Bertz CT molecular complexity index is 187. The number of ether oxygens (including phenoxy) is 1. The van der Waals surface area contributed by atoms with Gasteiger partial charge in [0.2, 0.25) is 0 Å². The van der Waals surface area contributed by atoms with Gasteiger partial charge in [0.25, 0.3) is 0 Å². The first-order chi connectivity index (χ1) is 6.06. The number of halogens is 7. The van der Waals surface area contributed by atoms with Crippen molar-refractivity contribution < 1.29 is 40.6 Å². The Morgan fingerprint density at radius 3 is 1.64 bits per heavy atom. The summed E-state index contributed by atoms with van der Waals surface area (Å²) in [4.78, 5) is 0. The summed E-state index contributed by atoms with van der Waals surface area (Å²) < 4.78 is 86.0. The maximum absolute atomic E-state index is 12.2. The molecule has 1 N–H and O–H groups in total. The van der Waals surface area contributed by atoms with Crippen LogP contribution < -0.4 is 0 Å². The lowest BCUT2D eigenvalue weighted by Gasteiger charge is -2.27. The molecule has 0 unspecified atom stereocenters. The number of alkyl halides is 7. The third-order valence-electron chi connectivity index (χ3n) is 1.19. The van der Waals surface area contributed by atoms with E-state index in [9.17, 15) is 30.7 Å². The summed E-state index contributed by atoms with van der Waals surface area (Å²) in [5, 5.41) is 7.82. The van der Waals surface area contributed by atoms with Gasteiger partial charge in [-0.2, -0.15) is 30.7 Å². The molecule has 0 radical (unpaired) electrons. The van der Waals surface area contributed by atoms with Crippen LogP contribution in [0.25, 0.3) is 0 Å². The molecule has 0 aromatic heterocycles. The molecule has 0 atom stereocenters. The van der Waals surface area contributed by atoms with Gasteiger partial charge in [-0.3, -0.25) is 0 Å². The van der Waals surface area contributed by atoms with Gasteiger partial charge >= 0.3 is 18.0 Å². The van der Waals surface area contributed by atoms with Crippen molar-refractivity contribution in [3.63, 3.8) is 0 Å². The maximum atomic E-state index is 12.2. The Morgan fingerprint density at radius 2 is 1.36 bits per heavy atom. The van der Waals surface area contributed by atoms with E-state index in [1.807, 2.05) is 0 Å². The van der Waals surface area contributed by atoms with Gasteiger partial charge in [0, 0.05) is 0 Å². The zero-order chi connectivity index (χ0) is 11.6. The van der Waals surface area contributed by atoms with Crippen molar-refractivity contribution in [1.82, 2.24) is 0 Å². The highest BCUT2D eigenvalue weighted by Gasteiger charge is 2.72. The molecular formula is C5H5F7O2. The van der Waals surface area contributed by atoms with Gasteiger partial charge in [-0.15, -0.1) is 0 Å². The smallest absolute Gasteiger partial charge is 0.371 e. The second-order valence-corrected chi connectivity index (χ2v) is 2.25. The zero-order valence-electron chi connectivity index (χ0n) is 6.42. The fourth-order valence-electron chi connectivity index (χ4n) is 0.472. The van der Waals surface area contributed by atoms with Crippen LogP contribution in [0.2, 0.25) is 0 Å². The first-order valence-electron chi connectivity index (χ1n) is 3.07. The molecule has 86 valence electrons. The molecular weight excluding hydrogens is 225 g/mol. The SMILES string of the molecule is OCOCC(F)(F)C(F)(F)C(F)(F)F. The van der Waals surface area contributed by atoms with Crippen LogP contribution >= 0.6 is 0 Å². The molecule has 0 saturated carbocycles. The Labute approximate surface area is 73.3 Å². The van der Waals surface area contributed by atoms with Gasteiger partial charge in [-0.1, -0.05) is 0 Å². The normalized spacial score (nSPS) is 14.6. The van der Waals surface area contributed by atoms with E-state index in [1.54, 1.807) is 0 Å². The molecule has 0 heterocycles. The topological polar surface area (TPSA) is 29.5 Å². The highest BCUT2D eigenvalue weighted by molar-refractivity contribution is 4.90. The van der Waals surface area contributed by atoms with Crippen LogP contribution in [0.1, 0.15) is 0 Å². The average Bonchev–Trinajstić information content (AvgIpc) is 1.98. The summed E-state index contributed by atoms with van der Waals surface area (Å²) in [6.07, 6.45) is -6.37. The lowest BCUT2D eigenvalue weighted by atomic mass is 10.2. The van der Waals surface area contributed by atoms with E-state index in [4.69, 9.17) is 5.11 Å². The minimum Gasteiger partial charge on any atom is -0.371 e. The zero-order valence-corrected chi connectivity index (χ0v) is 6.42. The molecule has 0 fully saturated rings. The van der Waals surface area contributed by atoms with Gasteiger partial charge in [0.1, 0.15) is 13.4 Å². The van der Waals surface area contributed by atoms with E-state index in [1.165, 1.54) is 0 Å². The lowest BCUT2D eigenvalue weighted by molar-refractivity contribution is -0.363. The van der Waals surface area contributed by atoms with Crippen molar-refractivity contribution in [1.29, 1.82) is 0 Å². The molecule has 14 heavy (non-hydrogen) atoms. The van der Waals surface area contributed by atoms with E-state index in [-0.39, 0.29) is 0 Å². The summed E-state index contributed by atoms with van der Waals surface area (Å²) in [6.45, 7) is -3.58. The van der Waals surface area contributed by atoms with E-state index in [2.05, 4.69) is 4.74 Å². The average molecular weight is 230 g/mol. The first-order valence-corrected chi connectivity index (χ1v) is 3.07. The third kappa shape index (κ3) is 2.47. The number of hydrogen-bond donors (Lipinski definition) is 1. The molecule has 0 aliphatic heterocycles. The third-order valence-corrected chi connectivity index (χ3v) is 1.19. The minimum atomic E-state index is -6.37. The monoisotopic (exact) mass is 230 g/mol. The largest absolute Gasteiger partial charge is 0.459 e. The van der Waals surface area contributed by atoms with Crippen LogP contribution in [0.5, 0.6) is 0 Å². The number of aliphatic hydroxyl groups is 1. The van der Waals surface area contributed by atoms with Crippen LogP contribution in [0.4, 0.5) is 30.7 Å². The van der Waals surface area contributed by atoms with Crippen molar-refractivity contribution in [2.45, 2.75) is 18.0 Å². The molecule has 0 bridgehead atoms. The molecule has 0 aromatic carbocycles. The van der Waals surface area contributed by atoms with Crippen LogP contribution in [0.15, 0.2) is 0 Å². The van der Waals surface area contributed by atoms with Crippen molar-refractivity contribution in [2.24, 2.45) is 0 Å². The second kappa shape index (κ2) is 3.89. The van der Waals surface area contributed by atoms with Crippen molar-refractivity contribution in [2.75, 3.05) is 13.4 Å².